The smallest absolute Gasteiger partial charge is 0.325 e. The number of likely N-dealkylation sites (N-methyl/N-ethyl adjacent to an activating group) is 1. The Bertz CT molecular complexity index is 1230. The molecule has 0 aliphatic heterocycles. The second-order valence-corrected chi connectivity index (χ2v) is 10.6. The van der Waals surface area contributed by atoms with E-state index in [1.807, 2.05) is 0 Å². The third-order valence-electron chi connectivity index (χ3n) is 4.62. The zero-order chi connectivity index (χ0) is 27.1. The van der Waals surface area contributed by atoms with Crippen LogP contribution < -0.4 is 14.8 Å². The maximum absolute atomic E-state index is 12.9. The highest BCUT2D eigenvalue weighted by Crippen LogP contribution is 2.24. The Morgan fingerprint density at radius 1 is 0.944 bits per heavy atom. The molecule has 0 fully saturated rings. The summed E-state index contributed by atoms with van der Waals surface area (Å²) < 4.78 is 38.1. The fraction of sp³-hybridized carbons (Fsp3) is 0.333. The maximum atomic E-state index is 12.9. The topological polar surface area (TPSA) is 148 Å². The van der Waals surface area contributed by atoms with Crippen molar-refractivity contribution < 1.29 is 37.1 Å². The summed E-state index contributed by atoms with van der Waals surface area (Å²) in [5, 5.41) is 2.33. The van der Waals surface area contributed by atoms with Crippen LogP contribution in [0.25, 0.3) is 0 Å². The molecule has 0 saturated carbocycles. The zero-order valence-corrected chi connectivity index (χ0v) is 21.5. The molecule has 36 heavy (non-hydrogen) atoms. The average molecular weight is 520 g/mol. The van der Waals surface area contributed by atoms with E-state index < -0.39 is 52.3 Å². The molecule has 194 valence electrons. The number of carbonyl (C=O) groups is 4. The van der Waals surface area contributed by atoms with Crippen molar-refractivity contribution in [2.24, 2.45) is 5.41 Å². The summed E-state index contributed by atoms with van der Waals surface area (Å²) in [6.07, 6.45) is 0. The van der Waals surface area contributed by atoms with Gasteiger partial charge in [0.2, 0.25) is 0 Å². The van der Waals surface area contributed by atoms with Crippen LogP contribution in [0.5, 0.6) is 5.75 Å². The van der Waals surface area contributed by atoms with Crippen LogP contribution >= 0.6 is 0 Å². The molecule has 0 bridgehead atoms. The summed E-state index contributed by atoms with van der Waals surface area (Å²) >= 11 is 0. The summed E-state index contributed by atoms with van der Waals surface area (Å²) in [7, 11) is -1.09. The molecule has 0 spiro atoms. The number of amides is 2. The Hall–Kier alpha value is -3.93. The van der Waals surface area contributed by atoms with Crippen LogP contribution in [0.4, 0.5) is 5.69 Å². The largest absolute Gasteiger partial charge is 0.454 e. The van der Waals surface area contributed by atoms with Crippen LogP contribution in [0.15, 0.2) is 53.4 Å². The summed E-state index contributed by atoms with van der Waals surface area (Å²) in [4.78, 5) is 49.0. The second kappa shape index (κ2) is 11.7. The number of hydrogen-bond donors (Lipinski definition) is 2. The Labute approximate surface area is 209 Å². The third-order valence-corrected chi connectivity index (χ3v) is 6.00. The maximum Gasteiger partial charge on any atom is 0.325 e. The molecule has 0 radical (unpaired) electrons. The molecular weight excluding hydrogens is 490 g/mol. The molecule has 2 aromatic rings. The predicted molar refractivity (Wildman–Crippen MR) is 131 cm³/mol. The number of carbonyl (C=O) groups excluding carboxylic acids is 4. The second-order valence-electron chi connectivity index (χ2n) is 8.89. The first-order valence-electron chi connectivity index (χ1n) is 10.8. The van der Waals surface area contributed by atoms with Crippen LogP contribution in [-0.2, 0) is 29.1 Å². The molecule has 0 saturated heterocycles. The van der Waals surface area contributed by atoms with Gasteiger partial charge in [0.15, 0.2) is 6.61 Å². The van der Waals surface area contributed by atoms with E-state index in [1.54, 1.807) is 20.8 Å². The number of nitrogens with one attached hydrogen (secondary N) is 2. The number of para-hydroxylation sites is 1. The van der Waals surface area contributed by atoms with Gasteiger partial charge in [-0.3, -0.25) is 23.9 Å². The molecule has 2 amide bonds. The highest BCUT2D eigenvalue weighted by atomic mass is 32.2. The van der Waals surface area contributed by atoms with E-state index in [0.29, 0.717) is 0 Å². The van der Waals surface area contributed by atoms with Crippen molar-refractivity contribution in [2.75, 3.05) is 32.0 Å². The van der Waals surface area contributed by atoms with E-state index in [-0.39, 0.29) is 21.9 Å². The minimum Gasteiger partial charge on any atom is -0.454 e. The van der Waals surface area contributed by atoms with Crippen LogP contribution in [-0.4, -0.2) is 64.3 Å². The summed E-state index contributed by atoms with van der Waals surface area (Å²) in [6, 6.07) is 11.1. The fourth-order valence-electron chi connectivity index (χ4n) is 2.49. The number of rotatable bonds is 9. The molecule has 0 aliphatic carbocycles. The summed E-state index contributed by atoms with van der Waals surface area (Å²) in [5.41, 5.74) is -0.778. The van der Waals surface area contributed by atoms with Crippen LogP contribution in [0, 0.1) is 5.41 Å². The van der Waals surface area contributed by atoms with E-state index in [4.69, 9.17) is 9.47 Å². The lowest BCUT2D eigenvalue weighted by molar-refractivity contribution is -0.150. The fourth-order valence-corrected chi connectivity index (χ4v) is 3.57. The van der Waals surface area contributed by atoms with Gasteiger partial charge in [-0.25, -0.2) is 8.42 Å². The average Bonchev–Trinajstić information content (AvgIpc) is 2.80. The van der Waals surface area contributed by atoms with Gasteiger partial charge in [-0.15, -0.1) is 0 Å². The molecular formula is C24H29N3O8S. The van der Waals surface area contributed by atoms with Gasteiger partial charge in [0, 0.05) is 14.1 Å². The molecule has 0 heterocycles. The number of esters is 2. The Morgan fingerprint density at radius 3 is 2.14 bits per heavy atom. The van der Waals surface area contributed by atoms with Crippen molar-refractivity contribution in [3.63, 3.8) is 0 Å². The Morgan fingerprint density at radius 2 is 1.56 bits per heavy atom. The SMILES string of the molecule is CN(C)C(=O)COC(=O)CNC(=O)c1ccccc1NS(=O)(=O)c1ccc(OC(=O)C(C)(C)C)cc1. The zero-order valence-electron chi connectivity index (χ0n) is 20.7. The minimum absolute atomic E-state index is 0.0191. The van der Waals surface area contributed by atoms with Gasteiger partial charge in [-0.1, -0.05) is 12.1 Å². The molecule has 11 nitrogen and oxygen atoms in total. The molecule has 2 aromatic carbocycles. The predicted octanol–water partition coefficient (Wildman–Crippen LogP) is 1.80. The number of sulfonamides is 1. The Balaban J connectivity index is 2.07. The van der Waals surface area contributed by atoms with Gasteiger partial charge in [-0.2, -0.15) is 0 Å². The van der Waals surface area contributed by atoms with Crippen molar-refractivity contribution in [1.29, 1.82) is 0 Å². The summed E-state index contributed by atoms with van der Waals surface area (Å²) in [5.74, 6) is -2.26. The van der Waals surface area contributed by atoms with Crippen molar-refractivity contribution in [1.82, 2.24) is 10.2 Å². The normalized spacial score (nSPS) is 11.2. The summed E-state index contributed by atoms with van der Waals surface area (Å²) in [6.45, 7) is 4.10. The van der Waals surface area contributed by atoms with Crippen molar-refractivity contribution >= 4 is 39.5 Å². The molecule has 2 N–H and O–H groups in total. The van der Waals surface area contributed by atoms with E-state index in [9.17, 15) is 27.6 Å². The van der Waals surface area contributed by atoms with E-state index in [2.05, 4.69) is 10.0 Å². The van der Waals surface area contributed by atoms with Gasteiger partial charge >= 0.3 is 11.9 Å². The van der Waals surface area contributed by atoms with Crippen LogP contribution in [0.1, 0.15) is 31.1 Å². The van der Waals surface area contributed by atoms with Crippen molar-refractivity contribution in [3.05, 3.63) is 54.1 Å². The molecule has 0 atom stereocenters. The van der Waals surface area contributed by atoms with Gasteiger partial charge < -0.3 is 19.7 Å². The first-order chi connectivity index (χ1) is 16.7. The molecule has 0 unspecified atom stereocenters. The van der Waals surface area contributed by atoms with E-state index in [0.717, 1.165) is 0 Å². The standard InChI is InChI=1S/C24H29N3O8S/c1-24(2,3)23(31)35-16-10-12-17(13-11-16)36(32,33)26-19-9-7-6-8-18(19)22(30)25-14-21(29)34-15-20(28)27(4)5/h6-13,26H,14-15H2,1-5H3,(H,25,30). The lowest BCUT2D eigenvalue weighted by Gasteiger charge is -2.16. The van der Waals surface area contributed by atoms with Gasteiger partial charge in [0.1, 0.15) is 12.3 Å². The van der Waals surface area contributed by atoms with E-state index >= 15 is 0 Å². The first kappa shape index (κ1) is 28.3. The number of benzene rings is 2. The highest BCUT2D eigenvalue weighted by Gasteiger charge is 2.24. The lowest BCUT2D eigenvalue weighted by Crippen LogP contribution is -2.34. The molecule has 12 heteroatoms. The number of ether oxygens (including phenoxy) is 2. The minimum atomic E-state index is -4.10. The third kappa shape index (κ3) is 8.08. The molecule has 0 aliphatic rings. The first-order valence-corrected chi connectivity index (χ1v) is 12.3. The number of hydrogen-bond acceptors (Lipinski definition) is 8. The van der Waals surface area contributed by atoms with Crippen molar-refractivity contribution in [2.45, 2.75) is 25.7 Å². The monoisotopic (exact) mass is 519 g/mol. The molecule has 2 rings (SSSR count). The number of nitrogens with zero attached hydrogens (tertiary/aromatic N) is 1. The quantitative estimate of drug-likeness (QED) is 0.376. The van der Waals surface area contributed by atoms with Gasteiger partial charge in [0.25, 0.3) is 21.8 Å². The van der Waals surface area contributed by atoms with Crippen LogP contribution in [0.3, 0.4) is 0 Å². The lowest BCUT2D eigenvalue weighted by atomic mass is 9.97. The van der Waals surface area contributed by atoms with E-state index in [1.165, 1.54) is 67.5 Å². The van der Waals surface area contributed by atoms with Gasteiger partial charge in [-0.05, 0) is 57.2 Å². The number of anilines is 1. The van der Waals surface area contributed by atoms with Crippen LogP contribution in [0.2, 0.25) is 0 Å². The Kier molecular flexibility index (Phi) is 9.17. The molecule has 0 aromatic heterocycles. The van der Waals surface area contributed by atoms with Gasteiger partial charge in [0.05, 0.1) is 21.6 Å². The highest BCUT2D eigenvalue weighted by molar-refractivity contribution is 7.92. The van der Waals surface area contributed by atoms with Crippen molar-refractivity contribution in [3.8, 4) is 5.75 Å².